The number of nitrogens with zero attached hydrogens (tertiary/aromatic N) is 1. The third kappa shape index (κ3) is 3.34. The van der Waals surface area contributed by atoms with E-state index in [0.717, 1.165) is 10.9 Å². The smallest absolute Gasteiger partial charge is 0.268 e. The van der Waals surface area contributed by atoms with Gasteiger partial charge in [-0.2, -0.15) is 4.98 Å². The second-order valence-corrected chi connectivity index (χ2v) is 5.67. The number of rotatable bonds is 5. The molecule has 0 aliphatic carbocycles. The maximum atomic E-state index is 12.4. The maximum absolute atomic E-state index is 12.4. The van der Waals surface area contributed by atoms with Crippen LogP contribution in [0.4, 0.5) is 0 Å². The average Bonchev–Trinajstić information content (AvgIpc) is 3.03. The molecule has 0 spiro atoms. The lowest BCUT2D eigenvalue weighted by Crippen LogP contribution is -2.31. The summed E-state index contributed by atoms with van der Waals surface area (Å²) < 4.78 is 5.07. The Morgan fingerprint density at radius 1 is 1.33 bits per heavy atom. The van der Waals surface area contributed by atoms with Crippen LogP contribution in [-0.2, 0) is 0 Å². The summed E-state index contributed by atoms with van der Waals surface area (Å²) >= 11 is 5.86. The minimum Gasteiger partial charge on any atom is -0.481 e. The zero-order valence-electron chi connectivity index (χ0n) is 12.9. The van der Waals surface area contributed by atoms with Crippen LogP contribution >= 0.6 is 11.6 Å². The van der Waals surface area contributed by atoms with Gasteiger partial charge >= 0.3 is 0 Å². The van der Waals surface area contributed by atoms with Crippen molar-refractivity contribution in [2.75, 3.05) is 13.7 Å². The molecule has 6 nitrogen and oxygen atoms in total. The number of hydrogen-bond donors (Lipinski definition) is 3. The number of aliphatic hydroxyl groups excluding tert-OH is 1. The molecule has 0 unspecified atom stereocenters. The molecule has 1 amide bonds. The Kier molecular flexibility index (Phi) is 4.69. The van der Waals surface area contributed by atoms with E-state index in [0.29, 0.717) is 22.2 Å². The van der Waals surface area contributed by atoms with E-state index in [2.05, 4.69) is 15.3 Å². The van der Waals surface area contributed by atoms with Gasteiger partial charge in [0.05, 0.1) is 19.8 Å². The van der Waals surface area contributed by atoms with Crippen LogP contribution in [0.2, 0.25) is 5.02 Å². The van der Waals surface area contributed by atoms with Gasteiger partial charge in [0.25, 0.3) is 5.91 Å². The lowest BCUT2D eigenvalue weighted by atomic mass is 10.1. The second kappa shape index (κ2) is 6.90. The van der Waals surface area contributed by atoms with E-state index in [-0.39, 0.29) is 12.5 Å². The molecule has 0 bridgehead atoms. The molecule has 1 aromatic carbocycles. The number of aromatic nitrogens is 2. The Balaban J connectivity index is 1.81. The number of aromatic amines is 1. The molecule has 1 atom stereocenters. The van der Waals surface area contributed by atoms with Crippen molar-refractivity contribution < 1.29 is 14.6 Å². The summed E-state index contributed by atoms with van der Waals surface area (Å²) in [7, 11) is 1.53. The molecule has 0 saturated carbocycles. The SMILES string of the molecule is COc1ccc2cc(C(=O)N[C@@H](CO)c3ccc(Cl)cc3)[nH]c2n1. The summed E-state index contributed by atoms with van der Waals surface area (Å²) in [6.45, 7) is -0.223. The number of methoxy groups -OCH3 is 1. The third-order valence-corrected chi connectivity index (χ3v) is 3.92. The van der Waals surface area contributed by atoms with Gasteiger partial charge in [-0.05, 0) is 29.8 Å². The summed E-state index contributed by atoms with van der Waals surface area (Å²) in [5.74, 6) is 0.131. The van der Waals surface area contributed by atoms with Gasteiger partial charge in [0, 0.05) is 16.5 Å². The van der Waals surface area contributed by atoms with E-state index in [1.165, 1.54) is 7.11 Å². The maximum Gasteiger partial charge on any atom is 0.268 e. The Bertz CT molecular complexity index is 861. The van der Waals surface area contributed by atoms with Gasteiger partial charge in [0.2, 0.25) is 5.88 Å². The van der Waals surface area contributed by atoms with Crippen LogP contribution in [0.1, 0.15) is 22.1 Å². The molecule has 3 N–H and O–H groups in total. The van der Waals surface area contributed by atoms with Gasteiger partial charge in [-0.3, -0.25) is 4.79 Å². The zero-order valence-corrected chi connectivity index (χ0v) is 13.7. The van der Waals surface area contributed by atoms with Crippen molar-refractivity contribution in [3.8, 4) is 5.88 Å². The summed E-state index contributed by atoms with van der Waals surface area (Å²) in [6.07, 6.45) is 0. The van der Waals surface area contributed by atoms with Crippen LogP contribution in [0.15, 0.2) is 42.5 Å². The van der Waals surface area contributed by atoms with Crippen LogP contribution in [0.3, 0.4) is 0 Å². The molecule has 3 aromatic rings. The number of aliphatic hydroxyl groups is 1. The third-order valence-electron chi connectivity index (χ3n) is 3.67. The van der Waals surface area contributed by atoms with Gasteiger partial charge in [0.15, 0.2) is 0 Å². The molecule has 24 heavy (non-hydrogen) atoms. The number of benzene rings is 1. The highest BCUT2D eigenvalue weighted by atomic mass is 35.5. The summed E-state index contributed by atoms with van der Waals surface area (Å²) in [4.78, 5) is 19.6. The molecular formula is C17H16ClN3O3. The monoisotopic (exact) mass is 345 g/mol. The predicted molar refractivity (Wildman–Crippen MR) is 91.4 cm³/mol. The topological polar surface area (TPSA) is 87.2 Å². The Hall–Kier alpha value is -2.57. The largest absolute Gasteiger partial charge is 0.481 e. The summed E-state index contributed by atoms with van der Waals surface area (Å²) in [6, 6.07) is 11.7. The minimum absolute atomic E-state index is 0.223. The number of H-pyrrole nitrogens is 1. The normalized spacial score (nSPS) is 12.1. The molecule has 0 aliphatic rings. The lowest BCUT2D eigenvalue weighted by molar-refractivity contribution is 0.0912. The first kappa shape index (κ1) is 16.3. The van der Waals surface area contributed by atoms with E-state index < -0.39 is 6.04 Å². The number of carbonyl (C=O) groups is 1. The molecule has 0 fully saturated rings. The first-order valence-corrected chi connectivity index (χ1v) is 7.69. The molecule has 0 aliphatic heterocycles. The van der Waals surface area contributed by atoms with E-state index >= 15 is 0 Å². The van der Waals surface area contributed by atoms with Crippen LogP contribution < -0.4 is 10.1 Å². The van der Waals surface area contributed by atoms with Crippen LogP contribution in [0, 0.1) is 0 Å². The molecule has 3 rings (SSSR count). The van der Waals surface area contributed by atoms with Crippen LogP contribution in [0.25, 0.3) is 11.0 Å². The standard InChI is InChI=1S/C17H16ClN3O3/c1-24-15-7-4-11-8-13(19-16(11)21-15)17(23)20-14(9-22)10-2-5-12(18)6-3-10/h2-8,14,22H,9H2,1H3,(H,19,21)(H,20,23)/t14-/m0/s1. The predicted octanol–water partition coefficient (Wildman–Crippen LogP) is 2.69. The van der Waals surface area contributed by atoms with Gasteiger partial charge in [-0.25, -0.2) is 0 Å². The number of carbonyl (C=O) groups excluding carboxylic acids is 1. The highest BCUT2D eigenvalue weighted by molar-refractivity contribution is 6.30. The van der Waals surface area contributed by atoms with Crippen molar-refractivity contribution in [3.63, 3.8) is 0 Å². The molecule has 7 heteroatoms. The highest BCUT2D eigenvalue weighted by Crippen LogP contribution is 2.19. The molecule has 2 aromatic heterocycles. The van der Waals surface area contributed by atoms with Crippen molar-refractivity contribution >= 4 is 28.5 Å². The number of ether oxygens (including phenoxy) is 1. The van der Waals surface area contributed by atoms with E-state index in [4.69, 9.17) is 16.3 Å². The fourth-order valence-electron chi connectivity index (χ4n) is 2.39. The Morgan fingerprint density at radius 3 is 2.75 bits per heavy atom. The Morgan fingerprint density at radius 2 is 2.08 bits per heavy atom. The molecule has 0 radical (unpaired) electrons. The number of pyridine rings is 1. The van der Waals surface area contributed by atoms with Crippen molar-refractivity contribution in [1.29, 1.82) is 0 Å². The number of nitrogens with one attached hydrogen (secondary N) is 2. The van der Waals surface area contributed by atoms with Gasteiger partial charge in [-0.15, -0.1) is 0 Å². The van der Waals surface area contributed by atoms with Crippen molar-refractivity contribution in [3.05, 3.63) is 58.7 Å². The number of fused-ring (bicyclic) bond motifs is 1. The fourth-order valence-corrected chi connectivity index (χ4v) is 2.52. The van der Waals surface area contributed by atoms with E-state index in [1.54, 1.807) is 36.4 Å². The molecule has 0 saturated heterocycles. The first-order chi connectivity index (χ1) is 11.6. The van der Waals surface area contributed by atoms with Crippen LogP contribution in [0.5, 0.6) is 5.88 Å². The van der Waals surface area contributed by atoms with E-state index in [9.17, 15) is 9.90 Å². The number of amides is 1. The van der Waals surface area contributed by atoms with Crippen molar-refractivity contribution in [2.45, 2.75) is 6.04 Å². The Labute approximate surface area is 143 Å². The zero-order chi connectivity index (χ0) is 17.1. The lowest BCUT2D eigenvalue weighted by Gasteiger charge is -2.16. The van der Waals surface area contributed by atoms with Gasteiger partial charge in [0.1, 0.15) is 11.3 Å². The highest BCUT2D eigenvalue weighted by Gasteiger charge is 2.17. The van der Waals surface area contributed by atoms with Crippen LogP contribution in [-0.4, -0.2) is 34.7 Å². The average molecular weight is 346 g/mol. The van der Waals surface area contributed by atoms with E-state index in [1.807, 2.05) is 6.07 Å². The number of hydrogen-bond acceptors (Lipinski definition) is 4. The summed E-state index contributed by atoms with van der Waals surface area (Å²) in [5.41, 5.74) is 1.69. The van der Waals surface area contributed by atoms with Crippen molar-refractivity contribution in [1.82, 2.24) is 15.3 Å². The number of halogens is 1. The molecular weight excluding hydrogens is 330 g/mol. The van der Waals surface area contributed by atoms with Crippen molar-refractivity contribution in [2.24, 2.45) is 0 Å². The second-order valence-electron chi connectivity index (χ2n) is 5.23. The molecule has 2 heterocycles. The minimum atomic E-state index is -0.524. The summed E-state index contributed by atoms with van der Waals surface area (Å²) in [5, 5.41) is 13.7. The van der Waals surface area contributed by atoms with Gasteiger partial charge < -0.3 is 20.1 Å². The molecule has 124 valence electrons. The quantitative estimate of drug-likeness (QED) is 0.663. The first-order valence-electron chi connectivity index (χ1n) is 7.31. The van der Waals surface area contributed by atoms with Gasteiger partial charge in [-0.1, -0.05) is 23.7 Å². The fraction of sp³-hybridized carbons (Fsp3) is 0.176.